The van der Waals surface area contributed by atoms with Gasteiger partial charge in [-0.15, -0.1) is 0 Å². The van der Waals surface area contributed by atoms with Crippen molar-refractivity contribution in [2.24, 2.45) is 4.99 Å². The van der Waals surface area contributed by atoms with Gasteiger partial charge in [-0.25, -0.2) is 9.38 Å². The number of furan rings is 1. The molecule has 1 saturated heterocycles. The SMILES string of the molecule is Cc1cc2cc(NC(=NC3CCCCN(CC(=O)NCCc4ccccc4F)C3=O)NC#N)ccc2o1. The molecule has 1 aliphatic rings. The number of amides is 2. The highest BCUT2D eigenvalue weighted by molar-refractivity contribution is 5.98. The van der Waals surface area contributed by atoms with Crippen molar-refractivity contribution in [2.45, 2.75) is 38.6 Å². The van der Waals surface area contributed by atoms with Crippen molar-refractivity contribution in [3.63, 3.8) is 0 Å². The highest BCUT2D eigenvalue weighted by atomic mass is 19.1. The van der Waals surface area contributed by atoms with E-state index in [1.165, 1.54) is 11.0 Å². The van der Waals surface area contributed by atoms with Crippen molar-refractivity contribution >= 4 is 34.4 Å². The lowest BCUT2D eigenvalue weighted by molar-refractivity contribution is -0.136. The van der Waals surface area contributed by atoms with Crippen LogP contribution in [-0.4, -0.2) is 48.3 Å². The molecule has 1 aliphatic heterocycles. The molecule has 2 aromatic carbocycles. The summed E-state index contributed by atoms with van der Waals surface area (Å²) in [4.78, 5) is 31.7. The molecule has 3 N–H and O–H groups in total. The van der Waals surface area contributed by atoms with E-state index in [0.29, 0.717) is 30.6 Å². The number of carbonyl (C=O) groups excluding carboxylic acids is 2. The monoisotopic (exact) mass is 504 g/mol. The third kappa shape index (κ3) is 6.85. The summed E-state index contributed by atoms with van der Waals surface area (Å²) in [7, 11) is 0. The molecule has 0 saturated carbocycles. The fourth-order valence-electron chi connectivity index (χ4n) is 4.32. The molecular weight excluding hydrogens is 475 g/mol. The van der Waals surface area contributed by atoms with Gasteiger partial charge in [0, 0.05) is 24.2 Å². The van der Waals surface area contributed by atoms with Crippen molar-refractivity contribution in [2.75, 3.05) is 25.0 Å². The molecule has 192 valence electrons. The van der Waals surface area contributed by atoms with Crippen molar-refractivity contribution in [1.29, 1.82) is 5.26 Å². The van der Waals surface area contributed by atoms with Crippen molar-refractivity contribution < 1.29 is 18.4 Å². The van der Waals surface area contributed by atoms with E-state index in [0.717, 1.165) is 29.6 Å². The second kappa shape index (κ2) is 12.0. The maximum atomic E-state index is 13.8. The molecule has 1 atom stereocenters. The maximum Gasteiger partial charge on any atom is 0.247 e. The van der Waals surface area contributed by atoms with Crippen molar-refractivity contribution in [3.05, 3.63) is 65.7 Å². The fourth-order valence-corrected chi connectivity index (χ4v) is 4.32. The lowest BCUT2D eigenvalue weighted by Gasteiger charge is -2.22. The highest BCUT2D eigenvalue weighted by Crippen LogP contribution is 2.23. The summed E-state index contributed by atoms with van der Waals surface area (Å²) < 4.78 is 19.4. The van der Waals surface area contributed by atoms with Crippen LogP contribution in [-0.2, 0) is 16.0 Å². The Morgan fingerprint density at radius 1 is 1.24 bits per heavy atom. The minimum absolute atomic E-state index is 0.104. The first-order chi connectivity index (χ1) is 17.9. The molecule has 37 heavy (non-hydrogen) atoms. The Morgan fingerprint density at radius 2 is 2.08 bits per heavy atom. The Balaban J connectivity index is 1.39. The molecule has 1 aromatic heterocycles. The minimum atomic E-state index is -0.739. The molecule has 10 heteroatoms. The average Bonchev–Trinajstić information content (AvgIpc) is 3.16. The average molecular weight is 505 g/mol. The van der Waals surface area contributed by atoms with E-state index in [9.17, 15) is 19.2 Å². The van der Waals surface area contributed by atoms with Gasteiger partial charge in [0.1, 0.15) is 23.2 Å². The molecule has 1 fully saturated rings. The number of aliphatic imine (C=N–C) groups is 1. The summed E-state index contributed by atoms with van der Waals surface area (Å²) in [6.45, 7) is 2.47. The van der Waals surface area contributed by atoms with Gasteiger partial charge in [0.2, 0.25) is 17.8 Å². The zero-order valence-electron chi connectivity index (χ0n) is 20.6. The van der Waals surface area contributed by atoms with Crippen LogP contribution in [0.25, 0.3) is 11.0 Å². The number of nitrogens with zero attached hydrogens (tertiary/aromatic N) is 3. The summed E-state index contributed by atoms with van der Waals surface area (Å²) in [5.74, 6) is 0.0387. The van der Waals surface area contributed by atoms with E-state index < -0.39 is 6.04 Å². The smallest absolute Gasteiger partial charge is 0.247 e. The standard InChI is InChI=1S/C27H29FN6O3/c1-18-14-20-15-21(9-10-24(20)37-18)32-27(31-17-29)33-23-8-4-5-13-34(26(23)36)16-25(35)30-12-11-19-6-2-3-7-22(19)28/h2-3,6-7,9-10,14-15,23H,4-5,8,11-13,16H2,1H3,(H,30,35)(H2,31,32,33). The van der Waals surface area contributed by atoms with Gasteiger partial charge >= 0.3 is 0 Å². The molecule has 0 radical (unpaired) electrons. The lowest BCUT2D eigenvalue weighted by atomic mass is 10.1. The van der Waals surface area contributed by atoms with Gasteiger partial charge < -0.3 is 20.0 Å². The number of rotatable bonds is 7. The summed E-state index contributed by atoms with van der Waals surface area (Å²) in [6.07, 6.45) is 4.21. The maximum absolute atomic E-state index is 13.8. The largest absolute Gasteiger partial charge is 0.461 e. The Bertz CT molecular complexity index is 1350. The number of nitrogens with one attached hydrogen (secondary N) is 3. The predicted octanol–water partition coefficient (Wildman–Crippen LogP) is 3.46. The molecule has 1 unspecified atom stereocenters. The molecule has 0 bridgehead atoms. The third-order valence-electron chi connectivity index (χ3n) is 6.12. The first-order valence-corrected chi connectivity index (χ1v) is 12.2. The second-order valence-corrected chi connectivity index (χ2v) is 8.91. The number of hydrogen-bond donors (Lipinski definition) is 3. The number of hydrogen-bond acceptors (Lipinski definition) is 5. The molecule has 3 aromatic rings. The van der Waals surface area contributed by atoms with Gasteiger partial charge in [-0.2, -0.15) is 5.26 Å². The number of benzene rings is 2. The highest BCUT2D eigenvalue weighted by Gasteiger charge is 2.28. The van der Waals surface area contributed by atoms with Crippen molar-refractivity contribution in [1.82, 2.24) is 15.5 Å². The number of aryl methyl sites for hydroxylation is 1. The number of fused-ring (bicyclic) bond motifs is 1. The van der Waals surface area contributed by atoms with Gasteiger partial charge in [0.25, 0.3) is 0 Å². The van der Waals surface area contributed by atoms with Crippen LogP contribution < -0.4 is 16.0 Å². The summed E-state index contributed by atoms with van der Waals surface area (Å²) in [6, 6.07) is 13.1. The Morgan fingerprint density at radius 3 is 2.89 bits per heavy atom. The molecular formula is C27H29FN6O3. The topological polar surface area (TPSA) is 123 Å². The zero-order chi connectivity index (χ0) is 26.2. The zero-order valence-corrected chi connectivity index (χ0v) is 20.6. The van der Waals surface area contributed by atoms with Gasteiger partial charge in [0.05, 0.1) is 6.54 Å². The van der Waals surface area contributed by atoms with Gasteiger partial charge in [-0.1, -0.05) is 18.2 Å². The molecule has 9 nitrogen and oxygen atoms in total. The quantitative estimate of drug-likeness (QED) is 0.196. The molecule has 4 rings (SSSR count). The van der Waals surface area contributed by atoms with Crippen molar-refractivity contribution in [3.8, 4) is 6.19 Å². The molecule has 0 aliphatic carbocycles. The van der Waals surface area contributed by atoms with Gasteiger partial charge in [0.15, 0.2) is 6.19 Å². The Kier molecular flexibility index (Phi) is 8.36. The first-order valence-electron chi connectivity index (χ1n) is 12.2. The molecule has 2 heterocycles. The predicted molar refractivity (Wildman–Crippen MR) is 138 cm³/mol. The lowest BCUT2D eigenvalue weighted by Crippen LogP contribution is -2.45. The first kappa shape index (κ1) is 25.7. The summed E-state index contributed by atoms with van der Waals surface area (Å²) in [5, 5.41) is 18.5. The van der Waals surface area contributed by atoms with E-state index >= 15 is 0 Å². The van der Waals surface area contributed by atoms with E-state index in [2.05, 4.69) is 20.9 Å². The van der Waals surface area contributed by atoms with Crippen LogP contribution in [0.5, 0.6) is 0 Å². The van der Waals surface area contributed by atoms with Crippen LogP contribution in [0.4, 0.5) is 10.1 Å². The minimum Gasteiger partial charge on any atom is -0.461 e. The normalized spacial score (nSPS) is 16.2. The van der Waals surface area contributed by atoms with E-state index in [1.54, 1.807) is 24.3 Å². The van der Waals surface area contributed by atoms with E-state index in [1.807, 2.05) is 31.3 Å². The van der Waals surface area contributed by atoms with Crippen LogP contribution in [0.15, 0.2) is 57.9 Å². The van der Waals surface area contributed by atoms with Crippen LogP contribution in [0.2, 0.25) is 0 Å². The van der Waals surface area contributed by atoms with Gasteiger partial charge in [-0.3, -0.25) is 14.9 Å². The number of anilines is 1. The molecule has 2 amide bonds. The molecule has 0 spiro atoms. The Hall–Kier alpha value is -4.39. The van der Waals surface area contributed by atoms with Gasteiger partial charge in [-0.05, 0) is 68.5 Å². The Labute approximate surface area is 214 Å². The third-order valence-corrected chi connectivity index (χ3v) is 6.12. The van der Waals surface area contributed by atoms with E-state index in [-0.39, 0.29) is 36.7 Å². The fraction of sp³-hybridized carbons (Fsp3) is 0.333. The number of likely N-dealkylation sites (tertiary alicyclic amines) is 1. The van der Waals surface area contributed by atoms with Crippen LogP contribution in [0, 0.1) is 24.2 Å². The van der Waals surface area contributed by atoms with E-state index in [4.69, 9.17) is 4.42 Å². The number of guanidine groups is 1. The summed E-state index contributed by atoms with van der Waals surface area (Å²) in [5.41, 5.74) is 1.95. The number of carbonyl (C=O) groups is 2. The summed E-state index contributed by atoms with van der Waals surface area (Å²) >= 11 is 0. The van der Waals surface area contributed by atoms with Crippen LogP contribution >= 0.6 is 0 Å². The van der Waals surface area contributed by atoms with Crippen LogP contribution in [0.1, 0.15) is 30.6 Å². The van der Waals surface area contributed by atoms with Crippen LogP contribution in [0.3, 0.4) is 0 Å². The number of nitriles is 1. The second-order valence-electron chi connectivity index (χ2n) is 8.91. The number of halogens is 1.